The highest BCUT2D eigenvalue weighted by Crippen LogP contribution is 2.06. The number of carbonyl (C=O) groups excluding carboxylic acids is 2. The second kappa shape index (κ2) is 10.3. The maximum absolute atomic E-state index is 12.4. The van der Waals surface area contributed by atoms with Crippen LogP contribution in [0.15, 0.2) is 52.6 Å². The van der Waals surface area contributed by atoms with Crippen molar-refractivity contribution in [2.24, 2.45) is 15.7 Å². The number of aliphatic hydroxyl groups excluding tert-OH is 1. The summed E-state index contributed by atoms with van der Waals surface area (Å²) in [6, 6.07) is 11.8. The number of primary amides is 1. The van der Waals surface area contributed by atoms with Gasteiger partial charge in [-0.2, -0.15) is 0 Å². The van der Waals surface area contributed by atoms with Gasteiger partial charge in [0.15, 0.2) is 18.0 Å². The van der Waals surface area contributed by atoms with Crippen LogP contribution in [0.5, 0.6) is 0 Å². The topological polar surface area (TPSA) is 113 Å². The summed E-state index contributed by atoms with van der Waals surface area (Å²) < 4.78 is 3.94. The second-order valence-corrected chi connectivity index (χ2v) is 8.20. The molecule has 0 unspecified atom stereocenters. The number of benzene rings is 1. The molecule has 1 aliphatic carbocycles. The summed E-state index contributed by atoms with van der Waals surface area (Å²) in [6.07, 6.45) is 10.0. The van der Waals surface area contributed by atoms with Crippen molar-refractivity contribution in [3.05, 3.63) is 58.7 Å². The maximum atomic E-state index is 12.4. The molecule has 2 heterocycles. The third-order valence-corrected chi connectivity index (χ3v) is 5.94. The van der Waals surface area contributed by atoms with Gasteiger partial charge in [-0.15, -0.1) is 0 Å². The number of aryl methyl sites for hydroxylation is 2. The maximum Gasteiger partial charge on any atom is 0.273 e. The number of aromatic nitrogens is 1. The number of carbonyl (C=O) groups is 2. The molecular formula is C25H28N5O3+. The lowest BCUT2D eigenvalue weighted by molar-refractivity contribution is -0.560. The average Bonchev–Trinajstić information content (AvgIpc) is 3.47. The van der Waals surface area contributed by atoms with E-state index in [1.165, 1.54) is 0 Å². The standard InChI is InChI=1S/C25H27N5O3/c26-25(33)22-15-30(17-27-22)21(16-31)11-13-29-12-10-19-7-8-20(14-23(19)29)28-24(32)9-6-18-4-2-1-3-5-18/h1-5,7,10,12,14-15,21,31H,6,8-9,11,13,16-17H2,(H-,26,33)/p+1/t21-/m1/s1. The van der Waals surface area contributed by atoms with Crippen molar-refractivity contribution in [2.45, 2.75) is 38.3 Å². The van der Waals surface area contributed by atoms with Crippen LogP contribution in [0.2, 0.25) is 0 Å². The zero-order valence-corrected chi connectivity index (χ0v) is 18.4. The third-order valence-electron chi connectivity index (χ3n) is 5.94. The molecule has 8 heteroatoms. The molecule has 1 aromatic carbocycles. The first-order chi connectivity index (χ1) is 16.0. The zero-order chi connectivity index (χ0) is 23.2. The van der Waals surface area contributed by atoms with Gasteiger partial charge in [0.1, 0.15) is 6.61 Å². The highest BCUT2D eigenvalue weighted by molar-refractivity contribution is 6.59. The first-order valence-corrected chi connectivity index (χ1v) is 11.1. The Morgan fingerprint density at radius 2 is 2.06 bits per heavy atom. The minimum Gasteiger partial charge on any atom is -0.389 e. The van der Waals surface area contributed by atoms with Gasteiger partial charge >= 0.3 is 0 Å². The number of amides is 2. The van der Waals surface area contributed by atoms with Gasteiger partial charge in [-0.1, -0.05) is 36.4 Å². The molecule has 4 rings (SSSR count). The first-order valence-electron chi connectivity index (χ1n) is 11.1. The quantitative estimate of drug-likeness (QED) is 0.520. The number of aliphatic imine (C=N–C) groups is 2. The predicted octanol–water partition coefficient (Wildman–Crippen LogP) is -0.215. The van der Waals surface area contributed by atoms with Gasteiger partial charge in [-0.05, 0) is 29.3 Å². The van der Waals surface area contributed by atoms with Crippen LogP contribution in [0, 0.1) is 0 Å². The van der Waals surface area contributed by atoms with Gasteiger partial charge in [-0.3, -0.25) is 9.59 Å². The fourth-order valence-electron chi connectivity index (χ4n) is 4.07. The van der Waals surface area contributed by atoms with E-state index in [0.717, 1.165) is 21.8 Å². The van der Waals surface area contributed by atoms with Gasteiger partial charge in [0.05, 0.1) is 5.71 Å². The monoisotopic (exact) mass is 446 g/mol. The number of aliphatic hydroxyl groups is 1. The molecule has 0 saturated heterocycles. The molecule has 1 atom stereocenters. The molecule has 2 amide bonds. The summed E-state index contributed by atoms with van der Waals surface area (Å²) in [5.41, 5.74) is 7.40. The molecule has 0 spiro atoms. The Labute approximate surface area is 191 Å². The zero-order valence-electron chi connectivity index (χ0n) is 18.4. The minimum absolute atomic E-state index is 0.0556. The SMILES string of the molecule is NC(=O)C1=NC[N+]([C@@H](CO)CCn2ccc3c2=CC(=NC(=O)CCc2ccccc2)CC=3)=C1. The largest absolute Gasteiger partial charge is 0.389 e. The van der Waals surface area contributed by atoms with Gasteiger partial charge in [0.25, 0.3) is 5.91 Å². The third kappa shape index (κ3) is 5.59. The fourth-order valence-corrected chi connectivity index (χ4v) is 4.07. The van der Waals surface area contributed by atoms with E-state index in [0.29, 0.717) is 38.9 Å². The number of nitrogens with zero attached hydrogens (tertiary/aromatic N) is 4. The van der Waals surface area contributed by atoms with Crippen molar-refractivity contribution >= 4 is 41.6 Å². The Kier molecular flexibility index (Phi) is 7.04. The molecule has 3 N–H and O–H groups in total. The smallest absolute Gasteiger partial charge is 0.273 e. The molecule has 0 saturated carbocycles. The van der Waals surface area contributed by atoms with Crippen molar-refractivity contribution in [1.82, 2.24) is 4.57 Å². The molecule has 8 nitrogen and oxygen atoms in total. The van der Waals surface area contributed by atoms with Crippen molar-refractivity contribution in [2.75, 3.05) is 13.3 Å². The van der Waals surface area contributed by atoms with Gasteiger partial charge < -0.3 is 15.4 Å². The lowest BCUT2D eigenvalue weighted by atomic mass is 10.1. The van der Waals surface area contributed by atoms with E-state index in [1.807, 2.05) is 53.2 Å². The van der Waals surface area contributed by atoms with E-state index in [2.05, 4.69) is 20.6 Å². The van der Waals surface area contributed by atoms with E-state index in [1.54, 1.807) is 6.21 Å². The van der Waals surface area contributed by atoms with E-state index < -0.39 is 5.91 Å². The highest BCUT2D eigenvalue weighted by atomic mass is 16.3. The van der Waals surface area contributed by atoms with E-state index in [4.69, 9.17) is 5.73 Å². The van der Waals surface area contributed by atoms with E-state index in [-0.39, 0.29) is 24.3 Å². The van der Waals surface area contributed by atoms with Gasteiger partial charge in [-0.25, -0.2) is 14.6 Å². The molecule has 1 aliphatic heterocycles. The van der Waals surface area contributed by atoms with E-state index >= 15 is 0 Å². The summed E-state index contributed by atoms with van der Waals surface area (Å²) >= 11 is 0. The summed E-state index contributed by atoms with van der Waals surface area (Å²) in [5, 5.41) is 12.0. The average molecular weight is 447 g/mol. The molecule has 0 fully saturated rings. The molecule has 33 heavy (non-hydrogen) atoms. The Morgan fingerprint density at radius 3 is 2.79 bits per heavy atom. The van der Waals surface area contributed by atoms with Crippen molar-refractivity contribution in [3.63, 3.8) is 0 Å². The van der Waals surface area contributed by atoms with Crippen LogP contribution in [0.4, 0.5) is 0 Å². The van der Waals surface area contributed by atoms with Crippen LogP contribution in [0.3, 0.4) is 0 Å². The minimum atomic E-state index is -0.566. The molecule has 0 bridgehead atoms. The van der Waals surface area contributed by atoms with Crippen LogP contribution < -0.4 is 16.3 Å². The first kappa shape index (κ1) is 22.5. The number of fused-ring (bicyclic) bond motifs is 1. The number of hydrogen-bond acceptors (Lipinski definition) is 4. The summed E-state index contributed by atoms with van der Waals surface area (Å²) in [5.74, 6) is -0.681. The summed E-state index contributed by atoms with van der Waals surface area (Å²) in [7, 11) is 0. The Balaban J connectivity index is 1.42. The van der Waals surface area contributed by atoms with Crippen molar-refractivity contribution in [3.8, 4) is 0 Å². The van der Waals surface area contributed by atoms with E-state index in [9.17, 15) is 14.7 Å². The van der Waals surface area contributed by atoms with Crippen LogP contribution >= 0.6 is 0 Å². The Bertz CT molecular complexity index is 1250. The molecule has 0 radical (unpaired) electrons. The van der Waals surface area contributed by atoms with Crippen LogP contribution in [-0.4, -0.2) is 63.0 Å². The van der Waals surface area contributed by atoms with Crippen LogP contribution in [-0.2, 0) is 22.6 Å². The predicted molar refractivity (Wildman–Crippen MR) is 128 cm³/mol. The lowest BCUT2D eigenvalue weighted by Gasteiger charge is -2.12. The van der Waals surface area contributed by atoms with Crippen molar-refractivity contribution < 1.29 is 19.3 Å². The lowest BCUT2D eigenvalue weighted by Crippen LogP contribution is -2.36. The van der Waals surface area contributed by atoms with Crippen molar-refractivity contribution in [1.29, 1.82) is 0 Å². The molecule has 2 aliphatic rings. The molecule has 170 valence electrons. The van der Waals surface area contributed by atoms with Crippen LogP contribution in [0.25, 0.3) is 12.2 Å². The normalized spacial score (nSPS) is 16.9. The number of hydrogen-bond donors (Lipinski definition) is 2. The highest BCUT2D eigenvalue weighted by Gasteiger charge is 2.26. The number of nitrogens with two attached hydrogens (primary N) is 1. The number of rotatable bonds is 9. The molecule has 2 aromatic rings. The van der Waals surface area contributed by atoms with Gasteiger partial charge in [0.2, 0.25) is 12.6 Å². The summed E-state index contributed by atoms with van der Waals surface area (Å²) in [6.45, 7) is 0.922. The second-order valence-electron chi connectivity index (χ2n) is 8.20. The van der Waals surface area contributed by atoms with Gasteiger partial charge in [0, 0.05) is 37.4 Å². The summed E-state index contributed by atoms with van der Waals surface area (Å²) in [4.78, 5) is 32.1. The van der Waals surface area contributed by atoms with Crippen LogP contribution in [0.1, 0.15) is 24.8 Å². The molecule has 1 aromatic heterocycles. The fraction of sp³-hybridized carbons (Fsp3) is 0.320. The Morgan fingerprint density at radius 1 is 1.24 bits per heavy atom. The molecular weight excluding hydrogens is 418 g/mol. The Hall–Kier alpha value is -3.65.